The maximum atomic E-state index is 12.5. The van der Waals surface area contributed by atoms with Gasteiger partial charge in [-0.25, -0.2) is 0 Å². The summed E-state index contributed by atoms with van der Waals surface area (Å²) in [4.78, 5) is 14.4. The number of amides is 1. The van der Waals surface area contributed by atoms with E-state index < -0.39 is 0 Å². The van der Waals surface area contributed by atoms with Crippen molar-refractivity contribution in [1.29, 1.82) is 0 Å². The summed E-state index contributed by atoms with van der Waals surface area (Å²) in [6, 6.07) is 9.88. The van der Waals surface area contributed by atoms with Gasteiger partial charge in [0.15, 0.2) is 0 Å². The summed E-state index contributed by atoms with van der Waals surface area (Å²) in [6.07, 6.45) is 0.727. The molecule has 0 aliphatic carbocycles. The first-order valence-corrected chi connectivity index (χ1v) is 7.40. The van der Waals surface area contributed by atoms with Gasteiger partial charge in [-0.3, -0.25) is 10.1 Å². The quantitative estimate of drug-likeness (QED) is 0.908. The number of methoxy groups -OCH3 is 1. The molecule has 1 amide bonds. The molecule has 2 heterocycles. The van der Waals surface area contributed by atoms with Crippen LogP contribution in [0, 0.1) is 0 Å². The summed E-state index contributed by atoms with van der Waals surface area (Å²) in [6.45, 7) is 3.69. The SMILES string of the molecule is COC1(CN2C(=O)C(C)NC2c2ccccc2)CCOC1. The third-order valence-corrected chi connectivity index (χ3v) is 4.45. The van der Waals surface area contributed by atoms with E-state index in [0.717, 1.165) is 12.0 Å². The first kappa shape index (κ1) is 14.5. The van der Waals surface area contributed by atoms with Gasteiger partial charge in [0.05, 0.1) is 19.2 Å². The topological polar surface area (TPSA) is 50.8 Å². The molecule has 0 radical (unpaired) electrons. The van der Waals surface area contributed by atoms with E-state index in [1.54, 1.807) is 7.11 Å². The Hall–Kier alpha value is -1.43. The van der Waals surface area contributed by atoms with Crippen LogP contribution < -0.4 is 5.32 Å². The Labute approximate surface area is 125 Å². The molecule has 1 N–H and O–H groups in total. The molecule has 21 heavy (non-hydrogen) atoms. The fraction of sp³-hybridized carbons (Fsp3) is 0.562. The molecule has 1 aromatic rings. The normalized spacial score (nSPS) is 32.9. The Morgan fingerprint density at radius 3 is 2.81 bits per heavy atom. The Kier molecular flexibility index (Phi) is 3.97. The van der Waals surface area contributed by atoms with Gasteiger partial charge in [0.2, 0.25) is 5.91 Å². The van der Waals surface area contributed by atoms with Gasteiger partial charge >= 0.3 is 0 Å². The number of carbonyl (C=O) groups excluding carboxylic acids is 1. The van der Waals surface area contributed by atoms with Gasteiger partial charge in [-0.2, -0.15) is 0 Å². The Morgan fingerprint density at radius 2 is 2.19 bits per heavy atom. The van der Waals surface area contributed by atoms with Gasteiger partial charge in [-0.05, 0) is 12.5 Å². The van der Waals surface area contributed by atoms with E-state index in [-0.39, 0.29) is 23.7 Å². The van der Waals surface area contributed by atoms with Crippen LogP contribution >= 0.6 is 0 Å². The summed E-state index contributed by atoms with van der Waals surface area (Å²) in [5, 5.41) is 3.37. The van der Waals surface area contributed by atoms with Crippen molar-refractivity contribution >= 4 is 5.91 Å². The number of nitrogens with one attached hydrogen (secondary N) is 1. The van der Waals surface area contributed by atoms with Crippen molar-refractivity contribution in [3.63, 3.8) is 0 Å². The van der Waals surface area contributed by atoms with Crippen LogP contribution in [0.3, 0.4) is 0 Å². The molecular weight excluding hydrogens is 268 g/mol. The molecule has 2 fully saturated rings. The molecule has 1 aromatic carbocycles. The second-order valence-corrected chi connectivity index (χ2v) is 5.86. The van der Waals surface area contributed by atoms with Gasteiger partial charge in [0, 0.05) is 20.1 Å². The van der Waals surface area contributed by atoms with Crippen molar-refractivity contribution in [3.05, 3.63) is 35.9 Å². The van der Waals surface area contributed by atoms with Crippen LogP contribution in [-0.4, -0.2) is 49.3 Å². The van der Waals surface area contributed by atoms with E-state index in [1.165, 1.54) is 0 Å². The van der Waals surface area contributed by atoms with Gasteiger partial charge in [0.25, 0.3) is 0 Å². The van der Waals surface area contributed by atoms with Gasteiger partial charge < -0.3 is 14.4 Å². The summed E-state index contributed by atoms with van der Waals surface area (Å²) in [5.74, 6) is 0.118. The van der Waals surface area contributed by atoms with Crippen molar-refractivity contribution in [3.8, 4) is 0 Å². The van der Waals surface area contributed by atoms with Gasteiger partial charge in [0.1, 0.15) is 11.8 Å². The van der Waals surface area contributed by atoms with Crippen LogP contribution in [0.1, 0.15) is 25.1 Å². The summed E-state index contributed by atoms with van der Waals surface area (Å²) in [5.41, 5.74) is 0.717. The van der Waals surface area contributed by atoms with E-state index >= 15 is 0 Å². The highest BCUT2D eigenvalue weighted by molar-refractivity contribution is 5.84. The number of benzene rings is 1. The van der Waals surface area contributed by atoms with Crippen LogP contribution in [-0.2, 0) is 14.3 Å². The molecule has 5 nitrogen and oxygen atoms in total. The summed E-state index contributed by atoms with van der Waals surface area (Å²) in [7, 11) is 1.70. The second kappa shape index (κ2) is 5.75. The predicted octanol–water partition coefficient (Wildman–Crippen LogP) is 1.31. The average molecular weight is 290 g/mol. The lowest BCUT2D eigenvalue weighted by Crippen LogP contribution is -2.47. The Balaban J connectivity index is 1.85. The molecule has 2 aliphatic rings. The van der Waals surface area contributed by atoms with Crippen molar-refractivity contribution in [2.75, 3.05) is 26.9 Å². The number of nitrogens with zero attached hydrogens (tertiary/aromatic N) is 1. The Bertz CT molecular complexity index is 500. The first-order chi connectivity index (χ1) is 10.2. The number of rotatable bonds is 4. The third-order valence-electron chi connectivity index (χ3n) is 4.45. The van der Waals surface area contributed by atoms with E-state index in [9.17, 15) is 4.79 Å². The van der Waals surface area contributed by atoms with Gasteiger partial charge in [-0.1, -0.05) is 30.3 Å². The fourth-order valence-corrected chi connectivity index (χ4v) is 3.10. The lowest BCUT2D eigenvalue weighted by molar-refractivity contribution is -0.134. The van der Waals surface area contributed by atoms with E-state index in [2.05, 4.69) is 5.32 Å². The molecule has 3 rings (SSSR count). The van der Waals surface area contributed by atoms with E-state index in [1.807, 2.05) is 42.2 Å². The minimum Gasteiger partial charge on any atom is -0.378 e. The first-order valence-electron chi connectivity index (χ1n) is 7.40. The van der Waals surface area contributed by atoms with E-state index in [4.69, 9.17) is 9.47 Å². The standard InChI is InChI=1S/C16H22N2O3/c1-12-15(19)18(10-16(20-2)8-9-21-11-16)14(17-12)13-6-4-3-5-7-13/h3-7,12,14,17H,8-11H2,1-2H3. The zero-order chi connectivity index (χ0) is 14.9. The number of ether oxygens (including phenoxy) is 2. The molecule has 5 heteroatoms. The highest BCUT2D eigenvalue weighted by atomic mass is 16.5. The minimum absolute atomic E-state index is 0.0960. The lowest BCUT2D eigenvalue weighted by atomic mass is 10.0. The van der Waals surface area contributed by atoms with Gasteiger partial charge in [-0.15, -0.1) is 0 Å². The molecule has 0 saturated carbocycles. The molecular formula is C16H22N2O3. The monoisotopic (exact) mass is 290 g/mol. The highest BCUT2D eigenvalue weighted by Crippen LogP contribution is 2.31. The molecule has 0 bridgehead atoms. The number of hydrogen-bond acceptors (Lipinski definition) is 4. The molecule has 3 atom stereocenters. The molecule has 0 aromatic heterocycles. The average Bonchev–Trinajstić information content (AvgIpc) is 3.09. The minimum atomic E-state index is -0.381. The summed E-state index contributed by atoms with van der Waals surface area (Å²) < 4.78 is 11.2. The maximum absolute atomic E-state index is 12.5. The predicted molar refractivity (Wildman–Crippen MR) is 78.7 cm³/mol. The molecule has 2 saturated heterocycles. The van der Waals surface area contributed by atoms with Crippen LogP contribution in [0.4, 0.5) is 0 Å². The number of carbonyl (C=O) groups is 1. The molecule has 2 aliphatic heterocycles. The summed E-state index contributed by atoms with van der Waals surface area (Å²) >= 11 is 0. The fourth-order valence-electron chi connectivity index (χ4n) is 3.10. The zero-order valence-electron chi connectivity index (χ0n) is 12.5. The number of hydrogen-bond donors (Lipinski definition) is 1. The highest BCUT2D eigenvalue weighted by Gasteiger charge is 2.44. The third kappa shape index (κ3) is 2.69. The maximum Gasteiger partial charge on any atom is 0.241 e. The molecule has 3 unspecified atom stereocenters. The molecule has 114 valence electrons. The van der Waals surface area contributed by atoms with Crippen molar-refractivity contribution in [2.45, 2.75) is 31.2 Å². The van der Waals surface area contributed by atoms with Crippen molar-refractivity contribution in [1.82, 2.24) is 10.2 Å². The van der Waals surface area contributed by atoms with Crippen molar-refractivity contribution < 1.29 is 14.3 Å². The van der Waals surface area contributed by atoms with Crippen LogP contribution in [0.15, 0.2) is 30.3 Å². The van der Waals surface area contributed by atoms with E-state index in [0.29, 0.717) is 19.8 Å². The Morgan fingerprint density at radius 1 is 1.43 bits per heavy atom. The van der Waals surface area contributed by atoms with Crippen molar-refractivity contribution in [2.24, 2.45) is 0 Å². The lowest BCUT2D eigenvalue weighted by Gasteiger charge is -2.34. The van der Waals surface area contributed by atoms with Crippen LogP contribution in [0.5, 0.6) is 0 Å². The largest absolute Gasteiger partial charge is 0.378 e. The zero-order valence-corrected chi connectivity index (χ0v) is 12.5. The smallest absolute Gasteiger partial charge is 0.241 e. The van der Waals surface area contributed by atoms with Crippen LogP contribution in [0.25, 0.3) is 0 Å². The second-order valence-electron chi connectivity index (χ2n) is 5.86. The molecule has 0 spiro atoms. The van der Waals surface area contributed by atoms with Crippen LogP contribution in [0.2, 0.25) is 0 Å².